The maximum absolute atomic E-state index is 5.57. The van der Waals surface area contributed by atoms with Gasteiger partial charge in [0.15, 0.2) is 0 Å². The van der Waals surface area contributed by atoms with E-state index < -0.39 is 0 Å². The Morgan fingerprint density at radius 2 is 1.94 bits per heavy atom. The van der Waals surface area contributed by atoms with Crippen molar-refractivity contribution < 1.29 is 0 Å². The molecule has 0 spiro atoms. The lowest BCUT2D eigenvalue weighted by atomic mass is 10.3. The van der Waals surface area contributed by atoms with E-state index in [1.807, 2.05) is 42.5 Å². The number of para-hydroxylation sites is 1. The van der Waals surface area contributed by atoms with E-state index in [4.69, 9.17) is 6.42 Å². The topological polar surface area (TPSA) is 44.8 Å². The van der Waals surface area contributed by atoms with Crippen molar-refractivity contribution in [3.63, 3.8) is 0 Å². The molecule has 0 saturated heterocycles. The molecule has 0 bridgehead atoms. The molecular formula is C14H10N4. The van der Waals surface area contributed by atoms with Crippen LogP contribution in [0.3, 0.4) is 0 Å². The lowest BCUT2D eigenvalue weighted by molar-refractivity contribution is 1.12. The van der Waals surface area contributed by atoms with Gasteiger partial charge < -0.3 is 0 Å². The van der Waals surface area contributed by atoms with Gasteiger partial charge in [0.25, 0.3) is 0 Å². The van der Waals surface area contributed by atoms with Crippen molar-refractivity contribution in [2.75, 3.05) is 4.90 Å². The van der Waals surface area contributed by atoms with Gasteiger partial charge in [-0.15, -0.1) is 0 Å². The maximum Gasteiger partial charge on any atom is 0.145 e. The fraction of sp³-hybridized carbons (Fsp3) is 0. The summed E-state index contributed by atoms with van der Waals surface area (Å²) in [6, 6.07) is 16.1. The van der Waals surface area contributed by atoms with E-state index in [2.05, 4.69) is 21.2 Å². The van der Waals surface area contributed by atoms with Crippen LogP contribution in [0, 0.1) is 12.5 Å². The second kappa shape index (κ2) is 4.22. The van der Waals surface area contributed by atoms with Crippen molar-refractivity contribution in [1.82, 2.24) is 15.2 Å². The molecule has 2 heterocycles. The van der Waals surface area contributed by atoms with Gasteiger partial charge in [-0.1, -0.05) is 24.6 Å². The number of aromatic nitrogens is 3. The Morgan fingerprint density at radius 3 is 2.72 bits per heavy atom. The number of nitrogens with one attached hydrogen (secondary N) is 1. The summed E-state index contributed by atoms with van der Waals surface area (Å²) < 4.78 is 0. The van der Waals surface area contributed by atoms with Gasteiger partial charge in [-0.05, 0) is 24.3 Å². The molecule has 0 radical (unpaired) electrons. The highest BCUT2D eigenvalue weighted by Crippen LogP contribution is 2.23. The molecule has 0 unspecified atom stereocenters. The van der Waals surface area contributed by atoms with Crippen LogP contribution in [-0.2, 0) is 0 Å². The van der Waals surface area contributed by atoms with E-state index in [-0.39, 0.29) is 0 Å². The van der Waals surface area contributed by atoms with Crippen LogP contribution in [0.4, 0.5) is 11.5 Å². The van der Waals surface area contributed by atoms with E-state index in [9.17, 15) is 0 Å². The van der Waals surface area contributed by atoms with Crippen LogP contribution >= 0.6 is 0 Å². The zero-order valence-electron chi connectivity index (χ0n) is 9.54. The van der Waals surface area contributed by atoms with E-state index in [0.29, 0.717) is 5.82 Å². The number of terminal acetylenes is 1. The van der Waals surface area contributed by atoms with Crippen LogP contribution in [0.15, 0.2) is 48.7 Å². The largest absolute Gasteiger partial charge is 0.276 e. The smallest absolute Gasteiger partial charge is 0.145 e. The van der Waals surface area contributed by atoms with Crippen molar-refractivity contribution in [2.24, 2.45) is 0 Å². The zero-order valence-corrected chi connectivity index (χ0v) is 9.54. The van der Waals surface area contributed by atoms with E-state index in [1.165, 1.54) is 0 Å². The standard InChI is InChI=1S/C14H10N4/c1-2-18(11-6-4-3-5-7-11)14-9-8-12-13(16-14)10-15-17-12/h1,3-10H,(H,15,17). The number of fused-ring (bicyclic) bond motifs is 1. The first-order valence-corrected chi connectivity index (χ1v) is 5.50. The van der Waals surface area contributed by atoms with Crippen molar-refractivity contribution in [3.8, 4) is 12.5 Å². The highest BCUT2D eigenvalue weighted by molar-refractivity contribution is 5.77. The summed E-state index contributed by atoms with van der Waals surface area (Å²) in [5.74, 6) is 0.706. The minimum absolute atomic E-state index is 0.706. The van der Waals surface area contributed by atoms with Crippen LogP contribution in [0.1, 0.15) is 0 Å². The van der Waals surface area contributed by atoms with Gasteiger partial charge in [0, 0.05) is 6.04 Å². The van der Waals surface area contributed by atoms with Crippen molar-refractivity contribution in [2.45, 2.75) is 0 Å². The highest BCUT2D eigenvalue weighted by Gasteiger charge is 2.08. The molecule has 0 aliphatic heterocycles. The molecule has 4 nitrogen and oxygen atoms in total. The number of rotatable bonds is 2. The molecule has 2 aromatic heterocycles. The molecule has 0 saturated carbocycles. The Labute approximate surface area is 104 Å². The van der Waals surface area contributed by atoms with Gasteiger partial charge in [0.1, 0.15) is 11.3 Å². The summed E-state index contributed by atoms with van der Waals surface area (Å²) >= 11 is 0. The molecule has 0 aliphatic carbocycles. The number of nitrogens with zero attached hydrogens (tertiary/aromatic N) is 3. The number of hydrogen-bond acceptors (Lipinski definition) is 3. The molecule has 0 fully saturated rings. The highest BCUT2D eigenvalue weighted by atomic mass is 15.2. The second-order valence-electron chi connectivity index (χ2n) is 3.77. The normalized spacial score (nSPS) is 10.2. The van der Waals surface area contributed by atoms with Crippen molar-refractivity contribution in [1.29, 1.82) is 0 Å². The molecular weight excluding hydrogens is 224 g/mol. The van der Waals surface area contributed by atoms with E-state index in [0.717, 1.165) is 16.7 Å². The summed E-state index contributed by atoms with van der Waals surface area (Å²) in [5.41, 5.74) is 2.60. The molecule has 3 rings (SSSR count). The quantitative estimate of drug-likeness (QED) is 0.547. The predicted octanol–water partition coefficient (Wildman–Crippen LogP) is 2.69. The number of benzene rings is 1. The minimum Gasteiger partial charge on any atom is -0.276 e. The van der Waals surface area contributed by atoms with Gasteiger partial charge in [-0.25, -0.2) is 4.98 Å². The van der Waals surface area contributed by atoms with Gasteiger partial charge in [0.05, 0.1) is 17.4 Å². The van der Waals surface area contributed by atoms with E-state index in [1.54, 1.807) is 11.1 Å². The summed E-state index contributed by atoms with van der Waals surface area (Å²) in [4.78, 5) is 6.17. The van der Waals surface area contributed by atoms with Gasteiger partial charge in [0.2, 0.25) is 0 Å². The summed E-state index contributed by atoms with van der Waals surface area (Å²) in [5, 5.41) is 6.80. The Kier molecular flexibility index (Phi) is 2.43. The Hall–Kier alpha value is -2.80. The third-order valence-corrected chi connectivity index (χ3v) is 2.65. The lowest BCUT2D eigenvalue weighted by Gasteiger charge is -2.16. The molecule has 0 amide bonds. The predicted molar refractivity (Wildman–Crippen MR) is 71.3 cm³/mol. The zero-order chi connectivity index (χ0) is 12.4. The third kappa shape index (κ3) is 1.68. The molecule has 86 valence electrons. The van der Waals surface area contributed by atoms with Crippen molar-refractivity contribution in [3.05, 3.63) is 48.7 Å². The summed E-state index contributed by atoms with van der Waals surface area (Å²) in [6.07, 6.45) is 7.25. The number of hydrogen-bond donors (Lipinski definition) is 1. The molecule has 0 atom stereocenters. The minimum atomic E-state index is 0.706. The number of anilines is 2. The first-order chi connectivity index (χ1) is 8.88. The average molecular weight is 234 g/mol. The van der Waals surface area contributed by atoms with Crippen LogP contribution < -0.4 is 4.90 Å². The summed E-state index contributed by atoms with van der Waals surface area (Å²) in [7, 11) is 0. The first-order valence-electron chi connectivity index (χ1n) is 5.50. The Bertz CT molecular complexity index is 709. The molecule has 1 N–H and O–H groups in total. The van der Waals surface area contributed by atoms with Crippen LogP contribution in [0.5, 0.6) is 0 Å². The Morgan fingerprint density at radius 1 is 1.11 bits per heavy atom. The number of aromatic amines is 1. The van der Waals surface area contributed by atoms with Crippen LogP contribution in [0.25, 0.3) is 11.0 Å². The third-order valence-electron chi connectivity index (χ3n) is 2.65. The molecule has 0 aliphatic rings. The molecule has 4 heteroatoms. The summed E-state index contributed by atoms with van der Waals surface area (Å²) in [6.45, 7) is 0. The molecule has 18 heavy (non-hydrogen) atoms. The van der Waals surface area contributed by atoms with Crippen molar-refractivity contribution >= 4 is 22.5 Å². The average Bonchev–Trinajstić information content (AvgIpc) is 2.88. The number of H-pyrrole nitrogens is 1. The monoisotopic (exact) mass is 234 g/mol. The molecule has 1 aromatic carbocycles. The van der Waals surface area contributed by atoms with Gasteiger partial charge in [-0.2, -0.15) is 5.10 Å². The lowest BCUT2D eigenvalue weighted by Crippen LogP contribution is -2.10. The fourth-order valence-corrected chi connectivity index (χ4v) is 1.79. The van der Waals surface area contributed by atoms with Crippen LogP contribution in [-0.4, -0.2) is 15.2 Å². The van der Waals surface area contributed by atoms with Gasteiger partial charge >= 0.3 is 0 Å². The van der Waals surface area contributed by atoms with Crippen LogP contribution in [0.2, 0.25) is 0 Å². The first kappa shape index (κ1) is 10.4. The van der Waals surface area contributed by atoms with E-state index >= 15 is 0 Å². The SMILES string of the molecule is C#CN(c1ccccc1)c1ccc2[nH]ncc2n1. The fourth-order valence-electron chi connectivity index (χ4n) is 1.79. The second-order valence-corrected chi connectivity index (χ2v) is 3.77. The number of pyridine rings is 1. The Balaban J connectivity index is 2.09. The molecule has 3 aromatic rings. The van der Waals surface area contributed by atoms with Gasteiger partial charge in [-0.3, -0.25) is 10.00 Å². The maximum atomic E-state index is 5.57.